The first-order valence-electron chi connectivity index (χ1n) is 13.1. The highest BCUT2D eigenvalue weighted by atomic mass is 32.1. The summed E-state index contributed by atoms with van der Waals surface area (Å²) in [7, 11) is 0. The molecule has 9 nitrogen and oxygen atoms in total. The van der Waals surface area contributed by atoms with E-state index < -0.39 is 17.7 Å². The van der Waals surface area contributed by atoms with Gasteiger partial charge in [0.2, 0.25) is 5.13 Å². The number of aryl methyl sites for hydroxylation is 1. The number of amides is 1. The summed E-state index contributed by atoms with van der Waals surface area (Å²) in [6, 6.07) is 9.66. The molecule has 2 aliphatic heterocycles. The van der Waals surface area contributed by atoms with E-state index in [2.05, 4.69) is 17.1 Å². The van der Waals surface area contributed by atoms with Crippen molar-refractivity contribution in [1.82, 2.24) is 10.2 Å². The lowest BCUT2D eigenvalue weighted by molar-refractivity contribution is -0.132. The van der Waals surface area contributed by atoms with Crippen molar-refractivity contribution >= 4 is 33.9 Å². The Labute approximate surface area is 231 Å². The number of aromatic nitrogens is 2. The minimum absolute atomic E-state index is 0.0260. The molecule has 5 rings (SSSR count). The van der Waals surface area contributed by atoms with Crippen molar-refractivity contribution in [3.63, 3.8) is 0 Å². The highest BCUT2D eigenvalue weighted by Gasteiger charge is 2.48. The molecule has 0 radical (unpaired) electrons. The van der Waals surface area contributed by atoms with E-state index in [1.165, 1.54) is 16.2 Å². The third-order valence-electron chi connectivity index (χ3n) is 6.67. The third kappa shape index (κ3) is 5.08. The van der Waals surface area contributed by atoms with Crippen molar-refractivity contribution in [1.29, 1.82) is 0 Å². The molecule has 1 fully saturated rings. The number of ether oxygens (including phenoxy) is 3. The van der Waals surface area contributed by atoms with Crippen LogP contribution in [0.5, 0.6) is 17.2 Å². The number of anilines is 1. The van der Waals surface area contributed by atoms with E-state index in [4.69, 9.17) is 14.2 Å². The summed E-state index contributed by atoms with van der Waals surface area (Å²) in [4.78, 5) is 28.2. The van der Waals surface area contributed by atoms with Crippen LogP contribution in [0.2, 0.25) is 0 Å². The summed E-state index contributed by atoms with van der Waals surface area (Å²) >= 11 is 1.20. The monoisotopic (exact) mass is 549 g/mol. The molecule has 3 aromatic rings. The van der Waals surface area contributed by atoms with Crippen LogP contribution in [0.4, 0.5) is 5.13 Å². The molecule has 2 aromatic carbocycles. The Hall–Kier alpha value is -3.92. The lowest BCUT2D eigenvalue weighted by Crippen LogP contribution is -2.29. The number of fused-ring (bicyclic) bond motifs is 1. The molecule has 2 atom stereocenters. The topological polar surface area (TPSA) is 111 Å². The smallest absolute Gasteiger partial charge is 0.301 e. The summed E-state index contributed by atoms with van der Waals surface area (Å²) in [6.45, 7) is 8.65. The first-order chi connectivity index (χ1) is 18.8. The van der Waals surface area contributed by atoms with Gasteiger partial charge in [-0.2, -0.15) is 0 Å². The van der Waals surface area contributed by atoms with Crippen LogP contribution in [0.25, 0.3) is 5.76 Å². The molecular formula is C29H31N3O6S. The number of nitrogens with zero attached hydrogens (tertiary/aromatic N) is 3. The lowest BCUT2D eigenvalue weighted by atomic mass is 9.94. The number of carbonyl (C=O) groups excluding carboxylic acids is 2. The molecule has 1 N–H and O–H groups in total. The number of benzene rings is 2. The van der Waals surface area contributed by atoms with Crippen LogP contribution in [0.1, 0.15) is 61.4 Å². The Morgan fingerprint density at radius 2 is 1.95 bits per heavy atom. The van der Waals surface area contributed by atoms with Crippen LogP contribution in [-0.2, 0) is 16.0 Å². The van der Waals surface area contributed by atoms with Crippen molar-refractivity contribution in [2.75, 3.05) is 18.1 Å². The van der Waals surface area contributed by atoms with Gasteiger partial charge in [0.25, 0.3) is 5.78 Å². The van der Waals surface area contributed by atoms with Crippen LogP contribution >= 0.6 is 11.3 Å². The first-order valence-corrected chi connectivity index (χ1v) is 13.9. The van der Waals surface area contributed by atoms with E-state index in [1.807, 2.05) is 19.9 Å². The summed E-state index contributed by atoms with van der Waals surface area (Å²) in [5.74, 6) is -0.0147. The van der Waals surface area contributed by atoms with E-state index in [-0.39, 0.29) is 22.6 Å². The Morgan fingerprint density at radius 1 is 1.13 bits per heavy atom. The van der Waals surface area contributed by atoms with Crippen LogP contribution in [-0.4, -0.2) is 46.3 Å². The summed E-state index contributed by atoms with van der Waals surface area (Å²) < 4.78 is 17.6. The van der Waals surface area contributed by atoms with Crippen LogP contribution < -0.4 is 19.1 Å². The molecule has 2 aliphatic rings. The van der Waals surface area contributed by atoms with E-state index in [0.29, 0.717) is 47.3 Å². The Morgan fingerprint density at radius 3 is 2.67 bits per heavy atom. The largest absolute Gasteiger partial charge is 0.507 e. The number of aliphatic hydroxyl groups is 1. The van der Waals surface area contributed by atoms with Crippen molar-refractivity contribution < 1.29 is 28.9 Å². The second-order valence-corrected chi connectivity index (χ2v) is 10.7. The maximum Gasteiger partial charge on any atom is 0.301 e. The van der Waals surface area contributed by atoms with Gasteiger partial charge in [-0.3, -0.25) is 14.5 Å². The molecule has 10 heteroatoms. The summed E-state index contributed by atoms with van der Waals surface area (Å²) in [5.41, 5.74) is 1.92. The molecule has 1 aromatic heterocycles. The number of rotatable bonds is 9. The molecule has 0 spiro atoms. The van der Waals surface area contributed by atoms with Gasteiger partial charge in [0.05, 0.1) is 24.8 Å². The second kappa shape index (κ2) is 11.1. The first kappa shape index (κ1) is 26.7. The van der Waals surface area contributed by atoms with E-state index in [9.17, 15) is 14.7 Å². The number of ketones is 1. The zero-order valence-corrected chi connectivity index (χ0v) is 23.2. The number of carbonyl (C=O) groups is 2. The van der Waals surface area contributed by atoms with Gasteiger partial charge in [-0.15, -0.1) is 10.2 Å². The number of hydrogen-bond acceptors (Lipinski definition) is 9. The van der Waals surface area contributed by atoms with Crippen molar-refractivity contribution in [2.45, 2.75) is 59.1 Å². The van der Waals surface area contributed by atoms with Crippen molar-refractivity contribution in [3.05, 3.63) is 63.7 Å². The predicted molar refractivity (Wildman–Crippen MR) is 148 cm³/mol. The Bertz CT molecular complexity index is 1450. The lowest BCUT2D eigenvalue weighted by Gasteiger charge is -2.23. The zero-order chi connectivity index (χ0) is 27.7. The van der Waals surface area contributed by atoms with Gasteiger partial charge in [0.15, 0.2) is 11.5 Å². The minimum atomic E-state index is -0.940. The van der Waals surface area contributed by atoms with Crippen LogP contribution in [0, 0.1) is 6.92 Å². The van der Waals surface area contributed by atoms with E-state index in [0.717, 1.165) is 24.2 Å². The molecule has 204 valence electrons. The summed E-state index contributed by atoms with van der Waals surface area (Å²) in [6.07, 6.45) is 2.61. The van der Waals surface area contributed by atoms with Gasteiger partial charge in [-0.05, 0) is 68.7 Å². The fourth-order valence-electron chi connectivity index (χ4n) is 4.86. The fraction of sp³-hybridized carbons (Fsp3) is 0.379. The van der Waals surface area contributed by atoms with Crippen molar-refractivity contribution in [3.8, 4) is 17.2 Å². The maximum atomic E-state index is 13.5. The zero-order valence-electron chi connectivity index (χ0n) is 22.4. The number of aliphatic hydroxyl groups excluding tert-OH is 1. The van der Waals surface area contributed by atoms with E-state index in [1.54, 1.807) is 37.3 Å². The molecule has 39 heavy (non-hydrogen) atoms. The average molecular weight is 550 g/mol. The predicted octanol–water partition coefficient (Wildman–Crippen LogP) is 5.37. The second-order valence-electron chi connectivity index (χ2n) is 9.57. The van der Waals surface area contributed by atoms with E-state index >= 15 is 0 Å². The average Bonchev–Trinajstić information content (AvgIpc) is 3.59. The highest BCUT2D eigenvalue weighted by molar-refractivity contribution is 7.15. The van der Waals surface area contributed by atoms with Crippen molar-refractivity contribution in [2.24, 2.45) is 0 Å². The van der Waals surface area contributed by atoms with Crippen LogP contribution in [0.15, 0.2) is 42.0 Å². The van der Waals surface area contributed by atoms with Gasteiger partial charge < -0.3 is 19.3 Å². The molecule has 1 saturated heterocycles. The minimum Gasteiger partial charge on any atom is -0.507 e. The molecule has 0 saturated carbocycles. The molecule has 0 unspecified atom stereocenters. The molecular weight excluding hydrogens is 518 g/mol. The Balaban J connectivity index is 1.64. The molecule has 3 heterocycles. The van der Waals surface area contributed by atoms with Gasteiger partial charge in [-0.1, -0.05) is 30.7 Å². The number of hydrogen-bond donors (Lipinski definition) is 1. The number of Topliss-reactive ketones (excluding diaryl/α,β-unsaturated/α-hetero) is 1. The Kier molecular flexibility index (Phi) is 7.56. The van der Waals surface area contributed by atoms with Crippen LogP contribution in [0.3, 0.4) is 0 Å². The standard InChI is InChI=1S/C29H31N3O6S/c1-5-7-12-37-22-11-8-18(15-23(22)36-6-2)25-24(27(34)28(35)32(25)29-31-30-17(4)39-29)26(33)19-9-10-21-20(14-19)13-16(3)38-21/h8-11,14-16,25,33H,5-7,12-13H2,1-4H3/t16-,25+/m0/s1. The summed E-state index contributed by atoms with van der Waals surface area (Å²) in [5, 5.41) is 20.7. The maximum absolute atomic E-state index is 13.5. The molecule has 1 amide bonds. The number of unbranched alkanes of at least 4 members (excludes halogenated alkanes) is 1. The molecule has 0 aliphatic carbocycles. The fourth-order valence-corrected chi connectivity index (χ4v) is 5.58. The highest BCUT2D eigenvalue weighted by Crippen LogP contribution is 2.45. The quantitative estimate of drug-likeness (QED) is 0.164. The molecule has 0 bridgehead atoms. The van der Waals surface area contributed by atoms with Gasteiger partial charge in [0.1, 0.15) is 22.6 Å². The van der Waals surface area contributed by atoms with Gasteiger partial charge >= 0.3 is 5.91 Å². The third-order valence-corrected chi connectivity index (χ3v) is 7.51. The normalized spacial score (nSPS) is 19.7. The van der Waals surface area contributed by atoms with Gasteiger partial charge in [0, 0.05) is 12.0 Å². The van der Waals surface area contributed by atoms with Gasteiger partial charge in [-0.25, -0.2) is 0 Å². The SMILES string of the molecule is CCCCOc1ccc([C@@H]2C(=C(O)c3ccc4c(c3)C[C@H](C)O4)C(=O)C(=O)N2c2nnc(C)s2)cc1OCC.